The average molecular weight is 301 g/mol. The molecule has 2 aromatic rings. The topological polar surface area (TPSA) is 66.4 Å². The number of carboxylic acid groups (broad SMARTS) is 1. The molecule has 4 nitrogen and oxygen atoms in total. The molecule has 1 aromatic carbocycles. The summed E-state index contributed by atoms with van der Waals surface area (Å²) in [5.74, 6) is -1.52. The molecule has 1 atom stereocenters. The quantitative estimate of drug-likeness (QED) is 0.834. The molecule has 5 heteroatoms. The predicted molar refractivity (Wildman–Crippen MR) is 83.1 cm³/mol. The Morgan fingerprint density at radius 1 is 1.19 bits per heavy atom. The van der Waals surface area contributed by atoms with Crippen LogP contribution >= 0.6 is 11.3 Å². The van der Waals surface area contributed by atoms with Crippen LogP contribution in [0.2, 0.25) is 0 Å². The highest BCUT2D eigenvalue weighted by Gasteiger charge is 2.20. The summed E-state index contributed by atoms with van der Waals surface area (Å²) >= 11 is 1.57. The van der Waals surface area contributed by atoms with Crippen LogP contribution in [0.15, 0.2) is 48.5 Å². The molecule has 1 aromatic heterocycles. The molecule has 0 fully saturated rings. The second-order valence-corrected chi connectivity index (χ2v) is 5.79. The number of carboxylic acids is 1. The van der Waals surface area contributed by atoms with Gasteiger partial charge in [0.15, 0.2) is 6.04 Å². The van der Waals surface area contributed by atoms with Crippen LogP contribution in [0.25, 0.3) is 6.08 Å². The highest BCUT2D eigenvalue weighted by molar-refractivity contribution is 7.12. The number of amides is 1. The predicted octanol–water partition coefficient (Wildman–Crippen LogP) is 3.01. The van der Waals surface area contributed by atoms with Crippen LogP contribution in [-0.4, -0.2) is 17.0 Å². The Labute approximate surface area is 126 Å². The minimum absolute atomic E-state index is 0.433. The highest BCUT2D eigenvalue weighted by Crippen LogP contribution is 2.17. The molecule has 1 unspecified atom stereocenters. The maximum absolute atomic E-state index is 11.9. The summed E-state index contributed by atoms with van der Waals surface area (Å²) in [6.07, 6.45) is 3.03. The number of rotatable bonds is 5. The van der Waals surface area contributed by atoms with Gasteiger partial charge in [0.1, 0.15) is 0 Å². The Balaban J connectivity index is 2.05. The van der Waals surface area contributed by atoms with E-state index in [9.17, 15) is 14.7 Å². The van der Waals surface area contributed by atoms with Crippen LogP contribution in [0.3, 0.4) is 0 Å². The summed E-state index contributed by atoms with van der Waals surface area (Å²) < 4.78 is 0. The van der Waals surface area contributed by atoms with Crippen LogP contribution < -0.4 is 5.32 Å². The Morgan fingerprint density at radius 3 is 2.48 bits per heavy atom. The lowest BCUT2D eigenvalue weighted by Crippen LogP contribution is -2.32. The zero-order valence-electron chi connectivity index (χ0n) is 11.4. The van der Waals surface area contributed by atoms with Gasteiger partial charge in [0, 0.05) is 15.8 Å². The summed E-state index contributed by atoms with van der Waals surface area (Å²) in [4.78, 5) is 25.2. The molecule has 2 rings (SSSR count). The van der Waals surface area contributed by atoms with E-state index in [0.29, 0.717) is 5.56 Å². The van der Waals surface area contributed by atoms with Crippen LogP contribution in [-0.2, 0) is 9.59 Å². The first-order chi connectivity index (χ1) is 10.1. The van der Waals surface area contributed by atoms with Crippen molar-refractivity contribution in [1.82, 2.24) is 5.32 Å². The lowest BCUT2D eigenvalue weighted by Gasteiger charge is -2.13. The molecule has 0 saturated carbocycles. The summed E-state index contributed by atoms with van der Waals surface area (Å²) in [6.45, 7) is 1.98. The first-order valence-electron chi connectivity index (χ1n) is 6.39. The molecule has 0 aliphatic carbocycles. The number of aryl methyl sites for hydroxylation is 1. The fourth-order valence-corrected chi connectivity index (χ4v) is 2.60. The Morgan fingerprint density at radius 2 is 1.90 bits per heavy atom. The van der Waals surface area contributed by atoms with Gasteiger partial charge in [-0.2, -0.15) is 0 Å². The zero-order chi connectivity index (χ0) is 15.2. The molecular weight excluding hydrogens is 286 g/mol. The van der Waals surface area contributed by atoms with Gasteiger partial charge in [-0.3, -0.25) is 4.79 Å². The van der Waals surface area contributed by atoms with E-state index in [4.69, 9.17) is 0 Å². The van der Waals surface area contributed by atoms with Gasteiger partial charge in [-0.05, 0) is 30.7 Å². The third-order valence-corrected chi connectivity index (χ3v) is 3.79. The molecule has 0 radical (unpaired) electrons. The number of benzene rings is 1. The molecule has 1 heterocycles. The summed E-state index contributed by atoms with van der Waals surface area (Å²) in [5.41, 5.74) is 0.540. The first-order valence-corrected chi connectivity index (χ1v) is 7.20. The van der Waals surface area contributed by atoms with Gasteiger partial charge in [-0.15, -0.1) is 11.3 Å². The molecule has 108 valence electrons. The van der Waals surface area contributed by atoms with Crippen molar-refractivity contribution in [1.29, 1.82) is 0 Å². The highest BCUT2D eigenvalue weighted by atomic mass is 32.1. The Hall–Kier alpha value is -2.40. The van der Waals surface area contributed by atoms with Gasteiger partial charge in [0.25, 0.3) is 0 Å². The lowest BCUT2D eigenvalue weighted by atomic mass is 10.1. The van der Waals surface area contributed by atoms with E-state index in [0.717, 1.165) is 9.75 Å². The number of carbonyl (C=O) groups is 2. The lowest BCUT2D eigenvalue weighted by molar-refractivity contribution is -0.141. The monoisotopic (exact) mass is 301 g/mol. The minimum atomic E-state index is -1.09. The number of aliphatic carboxylic acids is 1. The average Bonchev–Trinajstić information content (AvgIpc) is 2.89. The van der Waals surface area contributed by atoms with E-state index in [1.807, 2.05) is 19.1 Å². The number of hydrogen-bond donors (Lipinski definition) is 2. The van der Waals surface area contributed by atoms with Crippen molar-refractivity contribution in [3.8, 4) is 0 Å². The summed E-state index contributed by atoms with van der Waals surface area (Å²) in [7, 11) is 0. The van der Waals surface area contributed by atoms with Gasteiger partial charge in [-0.25, -0.2) is 4.79 Å². The maximum Gasteiger partial charge on any atom is 0.330 e. The van der Waals surface area contributed by atoms with Crippen molar-refractivity contribution >= 4 is 29.3 Å². The molecular formula is C16H15NO3S. The number of carbonyl (C=O) groups excluding carboxylic acids is 1. The van der Waals surface area contributed by atoms with Gasteiger partial charge < -0.3 is 10.4 Å². The third-order valence-electron chi connectivity index (χ3n) is 2.83. The molecule has 0 saturated heterocycles. The second-order valence-electron chi connectivity index (χ2n) is 4.47. The van der Waals surface area contributed by atoms with E-state index >= 15 is 0 Å². The van der Waals surface area contributed by atoms with E-state index in [-0.39, 0.29) is 0 Å². The second kappa shape index (κ2) is 6.85. The summed E-state index contributed by atoms with van der Waals surface area (Å²) in [5, 5.41) is 11.7. The molecule has 1 amide bonds. The van der Waals surface area contributed by atoms with Crippen LogP contribution in [0, 0.1) is 6.92 Å². The molecule has 2 N–H and O–H groups in total. The number of hydrogen-bond acceptors (Lipinski definition) is 3. The molecule has 0 aliphatic heterocycles. The van der Waals surface area contributed by atoms with E-state index in [1.165, 1.54) is 6.08 Å². The van der Waals surface area contributed by atoms with Gasteiger partial charge in [0.2, 0.25) is 5.91 Å². The standard InChI is InChI=1S/C16H15NO3S/c1-11-7-8-13(21-11)9-10-14(18)17-15(16(19)20)12-5-3-2-4-6-12/h2-10,15H,1H3,(H,17,18)(H,19,20)/b10-9+. The normalized spacial score (nSPS) is 12.2. The number of thiophene rings is 1. The van der Waals surface area contributed by atoms with Crippen molar-refractivity contribution in [2.24, 2.45) is 0 Å². The van der Waals surface area contributed by atoms with Crippen molar-refractivity contribution in [3.05, 3.63) is 63.9 Å². The van der Waals surface area contributed by atoms with Gasteiger partial charge >= 0.3 is 5.97 Å². The molecule has 0 bridgehead atoms. The molecule has 0 spiro atoms. The van der Waals surface area contributed by atoms with Crippen LogP contribution in [0.4, 0.5) is 0 Å². The van der Waals surface area contributed by atoms with Crippen molar-refractivity contribution in [3.63, 3.8) is 0 Å². The van der Waals surface area contributed by atoms with E-state index in [1.54, 1.807) is 47.7 Å². The first kappa shape index (κ1) is 15.0. The van der Waals surface area contributed by atoms with Crippen molar-refractivity contribution < 1.29 is 14.7 Å². The fraction of sp³-hybridized carbons (Fsp3) is 0.125. The van der Waals surface area contributed by atoms with Crippen molar-refractivity contribution in [2.75, 3.05) is 0 Å². The van der Waals surface area contributed by atoms with Crippen LogP contribution in [0.5, 0.6) is 0 Å². The molecule has 0 aliphatic rings. The maximum atomic E-state index is 11.9. The minimum Gasteiger partial charge on any atom is -0.479 e. The smallest absolute Gasteiger partial charge is 0.330 e. The van der Waals surface area contributed by atoms with Gasteiger partial charge in [-0.1, -0.05) is 30.3 Å². The summed E-state index contributed by atoms with van der Waals surface area (Å²) in [6, 6.07) is 11.4. The largest absolute Gasteiger partial charge is 0.479 e. The van der Waals surface area contributed by atoms with Gasteiger partial charge in [0.05, 0.1) is 0 Å². The Bertz CT molecular complexity index is 661. The Kier molecular flexibility index (Phi) is 4.90. The zero-order valence-corrected chi connectivity index (χ0v) is 12.3. The fourth-order valence-electron chi connectivity index (χ4n) is 1.82. The van der Waals surface area contributed by atoms with E-state index < -0.39 is 17.9 Å². The van der Waals surface area contributed by atoms with E-state index in [2.05, 4.69) is 5.32 Å². The van der Waals surface area contributed by atoms with Crippen molar-refractivity contribution in [2.45, 2.75) is 13.0 Å². The molecule has 21 heavy (non-hydrogen) atoms. The number of nitrogens with one attached hydrogen (secondary N) is 1. The van der Waals surface area contributed by atoms with Crippen LogP contribution in [0.1, 0.15) is 21.4 Å². The SMILES string of the molecule is Cc1ccc(/C=C/C(=O)NC(C(=O)O)c2ccccc2)s1. The third kappa shape index (κ3) is 4.29.